The Balaban J connectivity index is 1.61. The second-order valence-corrected chi connectivity index (χ2v) is 6.57. The summed E-state index contributed by atoms with van der Waals surface area (Å²) in [5.74, 6) is 0.159. The molecule has 2 heterocycles. The number of Topliss-reactive ketones (excluding diaryl/α,β-unsaturated/α-hetero) is 1. The van der Waals surface area contributed by atoms with Crippen molar-refractivity contribution in [1.82, 2.24) is 19.8 Å². The van der Waals surface area contributed by atoms with Gasteiger partial charge in [0, 0.05) is 18.2 Å². The summed E-state index contributed by atoms with van der Waals surface area (Å²) in [4.78, 5) is 23.8. The maximum absolute atomic E-state index is 12.1. The molecule has 9 heteroatoms. The molecular formula is C13H11N5O2S2. The lowest BCUT2D eigenvalue weighted by Gasteiger charge is -2.03. The van der Waals surface area contributed by atoms with Crippen LogP contribution in [0.4, 0.5) is 5.69 Å². The molecule has 0 fully saturated rings. The number of rotatable bonds is 5. The van der Waals surface area contributed by atoms with E-state index in [1.165, 1.54) is 36.3 Å². The minimum Gasteiger partial charge on any atom is -0.326 e. The van der Waals surface area contributed by atoms with Gasteiger partial charge in [0.05, 0.1) is 5.75 Å². The molecule has 0 aliphatic heterocycles. The quantitative estimate of drug-likeness (QED) is 0.568. The minimum absolute atomic E-state index is 0.00494. The topological polar surface area (TPSA) is 89.2 Å². The third kappa shape index (κ3) is 3.31. The number of carbonyl (C=O) groups is 2. The Morgan fingerprint density at radius 2 is 2.09 bits per heavy atom. The van der Waals surface area contributed by atoms with Gasteiger partial charge in [0.1, 0.15) is 6.33 Å². The highest BCUT2D eigenvalue weighted by Gasteiger charge is 2.10. The molecule has 0 saturated heterocycles. The highest BCUT2D eigenvalue weighted by atomic mass is 32.2. The van der Waals surface area contributed by atoms with Gasteiger partial charge in [-0.25, -0.2) is 0 Å². The summed E-state index contributed by atoms with van der Waals surface area (Å²) >= 11 is 2.76. The summed E-state index contributed by atoms with van der Waals surface area (Å²) in [5.41, 5.74) is 1.27. The van der Waals surface area contributed by atoms with Gasteiger partial charge in [0.25, 0.3) is 0 Å². The number of nitrogens with zero attached hydrogens (tertiary/aromatic N) is 4. The first kappa shape index (κ1) is 14.7. The van der Waals surface area contributed by atoms with E-state index in [-0.39, 0.29) is 11.7 Å². The van der Waals surface area contributed by atoms with Crippen LogP contribution >= 0.6 is 23.1 Å². The zero-order chi connectivity index (χ0) is 15.5. The summed E-state index contributed by atoms with van der Waals surface area (Å²) in [7, 11) is 0. The number of anilines is 1. The van der Waals surface area contributed by atoms with Crippen molar-refractivity contribution in [3.63, 3.8) is 0 Å². The van der Waals surface area contributed by atoms with E-state index >= 15 is 0 Å². The lowest BCUT2D eigenvalue weighted by atomic mass is 10.1. The van der Waals surface area contributed by atoms with Crippen LogP contribution in [0.1, 0.15) is 17.3 Å². The first-order valence-electron chi connectivity index (χ1n) is 6.32. The number of hydrogen-bond acceptors (Lipinski definition) is 7. The maximum atomic E-state index is 12.1. The fraction of sp³-hybridized carbons (Fsp3) is 0.154. The van der Waals surface area contributed by atoms with Crippen LogP contribution in [-0.4, -0.2) is 37.3 Å². The van der Waals surface area contributed by atoms with Crippen molar-refractivity contribution in [2.75, 3.05) is 11.1 Å². The average Bonchev–Trinajstić information content (AvgIpc) is 3.06. The summed E-state index contributed by atoms with van der Waals surface area (Å²) in [5, 5.41) is 14.5. The van der Waals surface area contributed by atoms with Gasteiger partial charge in [-0.2, -0.15) is 4.52 Å². The monoisotopic (exact) mass is 333 g/mol. The van der Waals surface area contributed by atoms with Crippen LogP contribution in [0.25, 0.3) is 4.96 Å². The molecule has 112 valence electrons. The molecule has 2 aromatic heterocycles. The van der Waals surface area contributed by atoms with Gasteiger partial charge in [0.2, 0.25) is 10.9 Å². The summed E-state index contributed by atoms with van der Waals surface area (Å²) in [6.45, 7) is 1.44. The zero-order valence-electron chi connectivity index (χ0n) is 11.5. The molecule has 0 atom stereocenters. The van der Waals surface area contributed by atoms with Crippen LogP contribution in [0.5, 0.6) is 0 Å². The number of nitrogens with one attached hydrogen (secondary N) is 1. The molecular weight excluding hydrogens is 322 g/mol. The van der Waals surface area contributed by atoms with Crippen LogP contribution < -0.4 is 5.32 Å². The highest BCUT2D eigenvalue weighted by molar-refractivity contribution is 8.01. The van der Waals surface area contributed by atoms with Gasteiger partial charge in [-0.3, -0.25) is 9.59 Å². The van der Waals surface area contributed by atoms with E-state index in [4.69, 9.17) is 0 Å². The second-order valence-electron chi connectivity index (χ2n) is 4.40. The number of hydrogen-bond donors (Lipinski definition) is 1. The molecule has 22 heavy (non-hydrogen) atoms. The number of amides is 1. The van der Waals surface area contributed by atoms with Crippen LogP contribution in [0, 0.1) is 0 Å². The molecule has 0 saturated carbocycles. The predicted molar refractivity (Wildman–Crippen MR) is 84.5 cm³/mol. The molecule has 1 amide bonds. The first-order chi connectivity index (χ1) is 10.6. The summed E-state index contributed by atoms with van der Waals surface area (Å²) in [6, 6.07) is 6.82. The smallest absolute Gasteiger partial charge is 0.235 e. The van der Waals surface area contributed by atoms with Crippen LogP contribution in [-0.2, 0) is 4.79 Å². The van der Waals surface area contributed by atoms with Gasteiger partial charge in [-0.15, -0.1) is 15.3 Å². The maximum Gasteiger partial charge on any atom is 0.235 e. The van der Waals surface area contributed by atoms with Gasteiger partial charge in [-0.05, 0) is 24.3 Å². The number of carbonyl (C=O) groups excluding carboxylic acids is 2. The molecule has 3 aromatic rings. The van der Waals surface area contributed by atoms with Crippen LogP contribution in [0.15, 0.2) is 34.9 Å². The fourth-order valence-electron chi connectivity index (χ4n) is 1.75. The third-order valence-corrected chi connectivity index (χ3v) is 4.77. The number of benzene rings is 1. The normalized spacial score (nSPS) is 10.8. The second kappa shape index (κ2) is 6.24. The van der Waals surface area contributed by atoms with Crippen molar-refractivity contribution in [2.45, 2.75) is 11.3 Å². The van der Waals surface area contributed by atoms with Gasteiger partial charge in [-0.1, -0.05) is 23.1 Å². The molecule has 1 N–H and O–H groups in total. The average molecular weight is 333 g/mol. The molecule has 0 radical (unpaired) electrons. The van der Waals surface area contributed by atoms with Crippen molar-refractivity contribution >= 4 is 45.4 Å². The molecule has 0 unspecified atom stereocenters. The number of ketones is 1. The third-order valence-electron chi connectivity index (χ3n) is 2.72. The molecule has 0 bridgehead atoms. The fourth-order valence-corrected chi connectivity index (χ4v) is 3.51. The van der Waals surface area contributed by atoms with Gasteiger partial charge >= 0.3 is 0 Å². The molecule has 1 aromatic carbocycles. The largest absolute Gasteiger partial charge is 0.326 e. The molecule has 3 rings (SSSR count). The molecule has 7 nitrogen and oxygen atoms in total. The van der Waals surface area contributed by atoms with E-state index in [0.717, 1.165) is 4.34 Å². The standard InChI is InChI=1S/C13H11N5O2S2/c1-8(19)15-10-4-2-9(3-5-10)11(20)6-21-13-17-18-7-14-16-12(18)22-13/h2-5,7H,6H2,1H3,(H,15,19). The van der Waals surface area contributed by atoms with Crippen molar-refractivity contribution in [3.05, 3.63) is 36.2 Å². The number of aromatic nitrogens is 4. The Bertz CT molecular complexity index is 796. The minimum atomic E-state index is -0.141. The van der Waals surface area contributed by atoms with E-state index in [2.05, 4.69) is 20.6 Å². The van der Waals surface area contributed by atoms with Crippen LogP contribution in [0.3, 0.4) is 0 Å². The molecule has 0 aliphatic carbocycles. The molecule has 0 aliphatic rings. The van der Waals surface area contributed by atoms with E-state index < -0.39 is 0 Å². The Morgan fingerprint density at radius 3 is 2.77 bits per heavy atom. The Hall–Kier alpha value is -2.26. The lowest BCUT2D eigenvalue weighted by Crippen LogP contribution is -2.07. The van der Waals surface area contributed by atoms with Crippen molar-refractivity contribution in [3.8, 4) is 0 Å². The zero-order valence-corrected chi connectivity index (χ0v) is 13.1. The number of fused-ring (bicyclic) bond motifs is 1. The van der Waals surface area contributed by atoms with Crippen molar-refractivity contribution in [1.29, 1.82) is 0 Å². The summed E-state index contributed by atoms with van der Waals surface area (Å²) in [6.07, 6.45) is 1.53. The Labute approximate surface area is 133 Å². The highest BCUT2D eigenvalue weighted by Crippen LogP contribution is 2.24. The van der Waals surface area contributed by atoms with Crippen LogP contribution in [0.2, 0.25) is 0 Å². The molecule has 0 spiro atoms. The van der Waals surface area contributed by atoms with E-state index in [0.29, 0.717) is 22.0 Å². The van der Waals surface area contributed by atoms with Gasteiger partial charge in [0.15, 0.2) is 10.1 Å². The van der Waals surface area contributed by atoms with Gasteiger partial charge < -0.3 is 5.32 Å². The van der Waals surface area contributed by atoms with E-state index in [1.54, 1.807) is 28.8 Å². The van der Waals surface area contributed by atoms with E-state index in [9.17, 15) is 9.59 Å². The Kier molecular flexibility index (Phi) is 4.16. The van der Waals surface area contributed by atoms with Crippen molar-refractivity contribution < 1.29 is 9.59 Å². The Morgan fingerprint density at radius 1 is 1.32 bits per heavy atom. The van der Waals surface area contributed by atoms with E-state index in [1.807, 2.05) is 0 Å². The number of thioether (sulfide) groups is 1. The van der Waals surface area contributed by atoms with Crippen molar-refractivity contribution in [2.24, 2.45) is 0 Å². The SMILES string of the molecule is CC(=O)Nc1ccc(C(=O)CSc2nn3cnnc3s2)cc1. The lowest BCUT2D eigenvalue weighted by molar-refractivity contribution is -0.114. The summed E-state index contributed by atoms with van der Waals surface area (Å²) < 4.78 is 2.35. The first-order valence-corrected chi connectivity index (χ1v) is 8.12. The predicted octanol–water partition coefficient (Wildman–Crippen LogP) is 2.12.